The Morgan fingerprint density at radius 1 is 0.979 bits per heavy atom. The van der Waals surface area contributed by atoms with Gasteiger partial charge in [-0.3, -0.25) is 24.0 Å². The molecule has 5 N–H and O–H groups in total. The fourth-order valence-corrected chi connectivity index (χ4v) is 8.63. The second kappa shape index (κ2) is 17.2. The quantitative estimate of drug-likeness (QED) is 0.179. The molecule has 0 saturated carbocycles. The third-order valence-electron chi connectivity index (χ3n) is 7.86. The van der Waals surface area contributed by atoms with Crippen LogP contribution in [0.15, 0.2) is 0 Å². The average Bonchev–Trinajstić information content (AvgIpc) is 3.33. The van der Waals surface area contributed by atoms with Crippen LogP contribution in [-0.2, 0) is 28.7 Å². The van der Waals surface area contributed by atoms with Crippen LogP contribution in [0.3, 0.4) is 0 Å². The van der Waals surface area contributed by atoms with Crippen molar-refractivity contribution in [3.8, 4) is 0 Å². The van der Waals surface area contributed by atoms with Crippen molar-refractivity contribution in [1.82, 2.24) is 26.2 Å². The van der Waals surface area contributed by atoms with Crippen molar-refractivity contribution in [1.29, 1.82) is 0 Å². The van der Waals surface area contributed by atoms with E-state index in [1.165, 1.54) is 4.90 Å². The molecule has 3 unspecified atom stereocenters. The molecule has 4 atom stereocenters. The minimum absolute atomic E-state index is 0.0382. The van der Waals surface area contributed by atoms with Crippen LogP contribution >= 0.6 is 23.5 Å². The van der Waals surface area contributed by atoms with Crippen molar-refractivity contribution in [2.75, 3.05) is 31.2 Å². The number of aliphatic hydroxyl groups excluding tert-OH is 1. The molecule has 0 aromatic heterocycles. The molecular weight excluding hydrogens is 647 g/mol. The Hall–Kier alpha value is -2.52. The van der Waals surface area contributed by atoms with Crippen molar-refractivity contribution in [3.63, 3.8) is 0 Å². The lowest BCUT2D eigenvalue weighted by atomic mass is 9.85. The van der Waals surface area contributed by atoms with E-state index in [4.69, 9.17) is 4.74 Å². The fourth-order valence-electron chi connectivity index (χ4n) is 5.28. The van der Waals surface area contributed by atoms with Gasteiger partial charge >= 0.3 is 6.09 Å². The predicted molar refractivity (Wildman–Crippen MR) is 184 cm³/mol. The maximum Gasteiger partial charge on any atom is 0.408 e. The summed E-state index contributed by atoms with van der Waals surface area (Å²) in [5, 5.41) is 19.8. The maximum atomic E-state index is 14.2. The number of ether oxygens (including phenoxy) is 1. The van der Waals surface area contributed by atoms with Gasteiger partial charge in [-0.15, -0.1) is 23.5 Å². The van der Waals surface area contributed by atoms with E-state index in [2.05, 4.69) is 21.3 Å². The predicted octanol–water partition coefficient (Wildman–Crippen LogP) is 2.20. The monoisotopic (exact) mass is 701 g/mol. The smallest absolute Gasteiger partial charge is 0.408 e. The van der Waals surface area contributed by atoms with Crippen molar-refractivity contribution in [2.45, 2.75) is 122 Å². The van der Waals surface area contributed by atoms with Crippen LogP contribution in [-0.4, -0.2) is 111 Å². The fraction of sp³-hybridized carbons (Fsp3) is 0.812. The van der Waals surface area contributed by atoms with Gasteiger partial charge in [0.25, 0.3) is 5.91 Å². The molecule has 1 spiro atoms. The van der Waals surface area contributed by atoms with E-state index >= 15 is 0 Å². The number of alkyl carbamates (subject to hydrolysis) is 1. The van der Waals surface area contributed by atoms with Crippen LogP contribution in [0.5, 0.6) is 0 Å². The summed E-state index contributed by atoms with van der Waals surface area (Å²) in [5.74, 6) is -1.76. The van der Waals surface area contributed by atoms with Gasteiger partial charge < -0.3 is 36.0 Å². The molecule has 2 rings (SSSR count). The van der Waals surface area contributed by atoms with Crippen molar-refractivity contribution in [3.05, 3.63) is 0 Å². The molecule has 2 heterocycles. The number of amides is 5. The Balaban J connectivity index is 2.26. The molecule has 5 amide bonds. The standard InChI is InChI=1S/C32H55N5O8S2/c1-10-12-20(24(40)27(42)33-16-23(39)34-21(17-38)19(2)3)35-26(41)22-15-32(46-13-11-14-47-32)18-37(22)28(43)25(30(4,5)6)36-29(44)45-31(7,8)9/h19-22,25,38H,10-18H2,1-9H3,(H,33,42)(H,34,39)(H,35,41)(H,36,44)/t20?,21?,22-,25?/m0/s1. The van der Waals surface area contributed by atoms with Crippen LogP contribution in [0.1, 0.15) is 88.0 Å². The summed E-state index contributed by atoms with van der Waals surface area (Å²) < 4.78 is 5.01. The number of likely N-dealkylation sites (tertiary alicyclic amines) is 1. The van der Waals surface area contributed by atoms with Gasteiger partial charge in [0.1, 0.15) is 17.7 Å². The molecule has 2 fully saturated rings. The molecule has 0 aromatic rings. The number of carbonyl (C=O) groups is 6. The molecule has 0 aliphatic carbocycles. The van der Waals surface area contributed by atoms with Gasteiger partial charge in [-0.1, -0.05) is 48.0 Å². The van der Waals surface area contributed by atoms with Crippen LogP contribution in [0, 0.1) is 11.3 Å². The summed E-state index contributed by atoms with van der Waals surface area (Å²) in [7, 11) is 0. The SMILES string of the molecule is CCCC(NC(=O)[C@@H]1CC2(CN1C(=O)C(NC(=O)OC(C)(C)C)C(C)(C)C)SCCCS2)C(=O)C(=O)NCC(=O)NC(CO)C(C)C. The Morgan fingerprint density at radius 2 is 1.60 bits per heavy atom. The number of hydrogen-bond donors (Lipinski definition) is 5. The van der Waals surface area contributed by atoms with E-state index in [0.717, 1.165) is 17.9 Å². The molecule has 47 heavy (non-hydrogen) atoms. The number of thioether (sulfide) groups is 2. The number of nitrogens with zero attached hydrogens (tertiary/aromatic N) is 1. The third-order valence-corrected chi connectivity index (χ3v) is 11.2. The highest BCUT2D eigenvalue weighted by molar-refractivity contribution is 8.18. The van der Waals surface area contributed by atoms with E-state index < -0.39 is 81.3 Å². The molecular formula is C32H55N5O8S2. The molecule has 2 aliphatic heterocycles. The van der Waals surface area contributed by atoms with E-state index in [-0.39, 0.29) is 25.5 Å². The van der Waals surface area contributed by atoms with Crippen molar-refractivity contribution < 1.29 is 38.6 Å². The molecule has 0 bridgehead atoms. The van der Waals surface area contributed by atoms with Crippen LogP contribution in [0.2, 0.25) is 0 Å². The van der Waals surface area contributed by atoms with E-state index in [1.807, 2.05) is 41.5 Å². The number of carbonyl (C=O) groups excluding carboxylic acids is 6. The number of Topliss-reactive ketones (excluding diaryl/α,β-unsaturated/α-hetero) is 1. The summed E-state index contributed by atoms with van der Waals surface area (Å²) in [4.78, 5) is 80.8. The second-order valence-electron chi connectivity index (χ2n) is 14.6. The van der Waals surface area contributed by atoms with Gasteiger partial charge in [0.15, 0.2) is 0 Å². The van der Waals surface area contributed by atoms with Gasteiger partial charge in [0.05, 0.1) is 29.3 Å². The zero-order valence-electron chi connectivity index (χ0n) is 29.3. The van der Waals surface area contributed by atoms with Crippen molar-refractivity contribution in [2.24, 2.45) is 11.3 Å². The summed E-state index contributed by atoms with van der Waals surface area (Å²) in [5.41, 5.74) is -1.51. The summed E-state index contributed by atoms with van der Waals surface area (Å²) in [6.07, 6.45) is 1.25. The molecule has 2 aliphatic rings. The Bertz CT molecular complexity index is 1150. The highest BCUT2D eigenvalue weighted by Gasteiger charge is 2.53. The lowest BCUT2D eigenvalue weighted by Gasteiger charge is -2.36. The minimum atomic E-state index is -1.17. The zero-order chi connectivity index (χ0) is 35.7. The summed E-state index contributed by atoms with van der Waals surface area (Å²) in [6.45, 7) is 15.6. The Kier molecular flexibility index (Phi) is 14.9. The molecule has 15 heteroatoms. The number of aliphatic hydroxyl groups is 1. The van der Waals surface area contributed by atoms with E-state index in [1.54, 1.807) is 44.3 Å². The molecule has 0 aromatic carbocycles. The topological polar surface area (TPSA) is 183 Å². The third kappa shape index (κ3) is 12.1. The maximum absolute atomic E-state index is 14.2. The lowest BCUT2D eigenvalue weighted by Crippen LogP contribution is -2.59. The zero-order valence-corrected chi connectivity index (χ0v) is 31.0. The van der Waals surface area contributed by atoms with Gasteiger partial charge in [-0.2, -0.15) is 0 Å². The van der Waals surface area contributed by atoms with Crippen LogP contribution in [0.25, 0.3) is 0 Å². The summed E-state index contributed by atoms with van der Waals surface area (Å²) in [6, 6.07) is -3.62. The first-order valence-corrected chi connectivity index (χ1v) is 18.3. The first-order valence-electron chi connectivity index (χ1n) is 16.3. The van der Waals surface area contributed by atoms with Crippen LogP contribution < -0.4 is 21.3 Å². The van der Waals surface area contributed by atoms with Gasteiger partial charge in [0, 0.05) is 13.0 Å². The lowest BCUT2D eigenvalue weighted by molar-refractivity contribution is -0.144. The Labute approximate surface area is 287 Å². The molecule has 268 valence electrons. The van der Waals surface area contributed by atoms with Gasteiger partial charge in [-0.05, 0) is 56.5 Å². The second-order valence-corrected chi connectivity index (χ2v) is 17.8. The number of nitrogens with one attached hydrogen (secondary N) is 4. The highest BCUT2D eigenvalue weighted by Crippen LogP contribution is 2.50. The Morgan fingerprint density at radius 3 is 2.11 bits per heavy atom. The van der Waals surface area contributed by atoms with Gasteiger partial charge in [0.2, 0.25) is 23.5 Å². The normalized spacial score (nSPS) is 19.8. The van der Waals surface area contributed by atoms with Crippen LogP contribution in [0.4, 0.5) is 4.79 Å². The number of hydrogen-bond acceptors (Lipinski definition) is 10. The molecule has 13 nitrogen and oxygen atoms in total. The van der Waals surface area contributed by atoms with Gasteiger partial charge in [-0.25, -0.2) is 4.79 Å². The summed E-state index contributed by atoms with van der Waals surface area (Å²) >= 11 is 3.41. The average molecular weight is 702 g/mol. The number of ketones is 1. The van der Waals surface area contributed by atoms with E-state index in [9.17, 15) is 33.9 Å². The number of rotatable bonds is 13. The first-order chi connectivity index (χ1) is 21.7. The molecule has 2 saturated heterocycles. The van der Waals surface area contributed by atoms with Crippen molar-refractivity contribution >= 4 is 59.0 Å². The largest absolute Gasteiger partial charge is 0.444 e. The minimum Gasteiger partial charge on any atom is -0.444 e. The highest BCUT2D eigenvalue weighted by atomic mass is 32.2. The first kappa shape index (κ1) is 40.7. The molecule has 0 radical (unpaired) electrons. The van der Waals surface area contributed by atoms with E-state index in [0.29, 0.717) is 12.8 Å².